The predicted octanol–water partition coefficient (Wildman–Crippen LogP) is -4.00. The fourth-order valence-corrected chi connectivity index (χ4v) is 3.54. The number of nitrogens with two attached hydrogens (primary N) is 1. The average Bonchev–Trinajstić information content (AvgIpc) is 2.97. The van der Waals surface area contributed by atoms with Crippen molar-refractivity contribution in [3.8, 4) is 0 Å². The fourth-order valence-electron chi connectivity index (χ4n) is 3.54. The fraction of sp³-hybridized carbons (Fsp3) is 0.808. The van der Waals surface area contributed by atoms with Gasteiger partial charge in [-0.1, -0.05) is 0 Å². The second kappa shape index (κ2) is 18.9. The second-order valence-corrected chi connectivity index (χ2v) is 12.9. The number of hydrogen-bond donors (Lipinski definition) is 15. The molecular formula is C26H54N10O10. The molecule has 16 N–H and O–H groups in total. The van der Waals surface area contributed by atoms with Crippen molar-refractivity contribution in [2.45, 2.75) is 34.6 Å². The molecule has 0 aliphatic carbocycles. The summed E-state index contributed by atoms with van der Waals surface area (Å²) in [4.78, 5) is 58.8. The third kappa shape index (κ3) is 13.4. The first-order valence-electron chi connectivity index (χ1n) is 14.5. The Morgan fingerprint density at radius 1 is 0.413 bits per heavy atom. The summed E-state index contributed by atoms with van der Waals surface area (Å²) in [5, 5.41) is 50.9. The molecule has 0 saturated heterocycles. The van der Waals surface area contributed by atoms with Crippen LogP contribution in [0.4, 0.5) is 0 Å². The third-order valence-corrected chi connectivity index (χ3v) is 7.93. The van der Waals surface area contributed by atoms with Crippen LogP contribution in [-0.4, -0.2) is 128 Å². The maximum absolute atomic E-state index is 12.0. The lowest BCUT2D eigenvalue weighted by molar-refractivity contribution is -0.150. The van der Waals surface area contributed by atoms with Gasteiger partial charge in [-0.3, -0.25) is 67.4 Å². The molecule has 20 nitrogen and oxygen atoms in total. The molecule has 46 heavy (non-hydrogen) atoms. The topological polar surface area (TPSA) is 321 Å². The van der Waals surface area contributed by atoms with Gasteiger partial charge in [-0.05, 0) is 41.7 Å². The van der Waals surface area contributed by atoms with E-state index in [1.807, 2.05) is 0 Å². The number of nitrogens with one attached hydrogen (secondary N) is 9. The quantitative estimate of drug-likeness (QED) is 0.0279. The summed E-state index contributed by atoms with van der Waals surface area (Å²) in [7, 11) is 1.62. The monoisotopic (exact) mass is 666 g/mol. The molecule has 0 saturated carbocycles. The van der Waals surface area contributed by atoms with Crippen molar-refractivity contribution < 1.29 is 49.5 Å². The van der Waals surface area contributed by atoms with E-state index in [-0.39, 0.29) is 65.4 Å². The Kier molecular flexibility index (Phi) is 17.7. The third-order valence-electron chi connectivity index (χ3n) is 7.93. The van der Waals surface area contributed by atoms with E-state index in [1.54, 1.807) is 7.05 Å². The van der Waals surface area contributed by atoms with Crippen LogP contribution in [-0.2, 0) is 24.0 Å². The Morgan fingerprint density at radius 2 is 0.587 bits per heavy atom. The number of carbonyl (C=O) groups is 5. The van der Waals surface area contributed by atoms with E-state index in [9.17, 15) is 49.5 Å². The number of carboxylic acids is 5. The zero-order chi connectivity index (χ0) is 35.8. The van der Waals surface area contributed by atoms with Gasteiger partial charge in [0.05, 0.1) is 27.1 Å². The first-order valence-corrected chi connectivity index (χ1v) is 14.5. The Labute approximate surface area is 268 Å². The van der Waals surface area contributed by atoms with E-state index in [2.05, 4.69) is 48.7 Å². The highest BCUT2D eigenvalue weighted by Crippen LogP contribution is 2.18. The molecule has 0 aromatic heterocycles. The maximum atomic E-state index is 12.0. The smallest absolute Gasteiger partial charge is 0.312 e. The lowest BCUT2D eigenvalue weighted by Crippen LogP contribution is -2.57. The molecule has 268 valence electrons. The second-order valence-electron chi connectivity index (χ2n) is 12.9. The average molecular weight is 667 g/mol. The van der Waals surface area contributed by atoms with Crippen molar-refractivity contribution in [2.24, 2.45) is 32.8 Å². The molecular weight excluding hydrogens is 612 g/mol. The highest BCUT2D eigenvalue weighted by molar-refractivity contribution is 5.76. The van der Waals surface area contributed by atoms with Gasteiger partial charge in [0.25, 0.3) is 0 Å². The van der Waals surface area contributed by atoms with Crippen molar-refractivity contribution in [1.29, 1.82) is 0 Å². The molecule has 5 unspecified atom stereocenters. The molecule has 5 atom stereocenters. The molecule has 20 heteroatoms. The number of carboxylic acid groups (broad SMARTS) is 5. The Bertz CT molecular complexity index is 1040. The van der Waals surface area contributed by atoms with Gasteiger partial charge in [0, 0.05) is 65.4 Å². The molecule has 0 spiro atoms. The molecule has 0 bridgehead atoms. The van der Waals surface area contributed by atoms with E-state index in [4.69, 9.17) is 5.73 Å². The van der Waals surface area contributed by atoms with Gasteiger partial charge in [0.2, 0.25) is 0 Å². The SMILES string of the molecule is CNCC(C)(CNNCC(C)(CNNCC(C)(CNNCC(C)(CNNCC(C)(CN)C(=O)O)C(=O)O)C(=O)O)C(=O)O)C(=O)O. The van der Waals surface area contributed by atoms with Crippen LogP contribution in [0.15, 0.2) is 0 Å². The van der Waals surface area contributed by atoms with Crippen molar-refractivity contribution in [3.05, 3.63) is 0 Å². The van der Waals surface area contributed by atoms with Crippen molar-refractivity contribution in [3.63, 3.8) is 0 Å². The van der Waals surface area contributed by atoms with Crippen molar-refractivity contribution in [2.75, 3.05) is 72.5 Å². The van der Waals surface area contributed by atoms with E-state index in [1.165, 1.54) is 34.6 Å². The van der Waals surface area contributed by atoms with Crippen LogP contribution in [0.2, 0.25) is 0 Å². The molecule has 0 fully saturated rings. The van der Waals surface area contributed by atoms with Gasteiger partial charge >= 0.3 is 29.8 Å². The molecule has 0 aliphatic heterocycles. The van der Waals surface area contributed by atoms with Crippen LogP contribution in [0, 0.1) is 27.1 Å². The predicted molar refractivity (Wildman–Crippen MR) is 166 cm³/mol. The number of rotatable bonds is 28. The molecule has 0 aromatic carbocycles. The van der Waals surface area contributed by atoms with Crippen LogP contribution in [0.5, 0.6) is 0 Å². The minimum Gasteiger partial charge on any atom is -0.481 e. The zero-order valence-corrected chi connectivity index (χ0v) is 27.4. The Morgan fingerprint density at radius 3 is 0.739 bits per heavy atom. The summed E-state index contributed by atoms with van der Waals surface area (Å²) < 4.78 is 0. The highest BCUT2D eigenvalue weighted by Gasteiger charge is 2.38. The standard InChI is InChI=1S/C26H54N10O10/c1-22(7-27,17(37)38)9-29-31-11-24(3,19(41)42)13-33-35-15-26(5,21(45)46)16-36-34-14-25(4,20(43)44)12-32-30-10-23(2,8-28-6)18(39)40/h28-36H,7-16,27H2,1-6H3,(H,37,38)(H,39,40)(H,41,42)(H,43,44)(H,45,46). The van der Waals surface area contributed by atoms with Gasteiger partial charge in [-0.15, -0.1) is 0 Å². The number of hydrogen-bond acceptors (Lipinski definition) is 15. The lowest BCUT2D eigenvalue weighted by Gasteiger charge is -2.31. The summed E-state index contributed by atoms with van der Waals surface area (Å²) in [5.41, 5.74) is 20.8. The van der Waals surface area contributed by atoms with Crippen LogP contribution < -0.4 is 54.5 Å². The normalized spacial score (nSPS) is 18.2. The van der Waals surface area contributed by atoms with Crippen LogP contribution in [0.1, 0.15) is 34.6 Å². The summed E-state index contributed by atoms with van der Waals surface area (Å²) in [6.07, 6.45) is 0. The van der Waals surface area contributed by atoms with Gasteiger partial charge in [0.15, 0.2) is 0 Å². The Hall–Kier alpha value is -3.05. The first-order chi connectivity index (χ1) is 21.2. The van der Waals surface area contributed by atoms with Gasteiger partial charge in [0.1, 0.15) is 0 Å². The minimum atomic E-state index is -1.42. The van der Waals surface area contributed by atoms with E-state index in [0.717, 1.165) is 0 Å². The molecule has 0 aromatic rings. The van der Waals surface area contributed by atoms with E-state index >= 15 is 0 Å². The van der Waals surface area contributed by atoms with Crippen LogP contribution in [0.3, 0.4) is 0 Å². The van der Waals surface area contributed by atoms with E-state index < -0.39 is 56.9 Å². The lowest BCUT2D eigenvalue weighted by atomic mass is 9.90. The highest BCUT2D eigenvalue weighted by atomic mass is 16.4. The van der Waals surface area contributed by atoms with Crippen molar-refractivity contribution in [1.82, 2.24) is 48.7 Å². The number of aliphatic carboxylic acids is 5. The van der Waals surface area contributed by atoms with Gasteiger partial charge in [-0.25, -0.2) is 0 Å². The minimum absolute atomic E-state index is 0.0165. The molecule has 0 amide bonds. The zero-order valence-electron chi connectivity index (χ0n) is 27.4. The summed E-state index contributed by atoms with van der Waals surface area (Å²) in [6, 6.07) is 0. The van der Waals surface area contributed by atoms with Gasteiger partial charge < -0.3 is 36.6 Å². The molecule has 0 rings (SSSR count). The molecule has 0 heterocycles. The maximum Gasteiger partial charge on any atom is 0.312 e. The van der Waals surface area contributed by atoms with E-state index in [0.29, 0.717) is 0 Å². The number of hydrazine groups is 4. The summed E-state index contributed by atoms with van der Waals surface area (Å²) in [5.74, 6) is -5.63. The van der Waals surface area contributed by atoms with Gasteiger partial charge in [-0.2, -0.15) is 0 Å². The Balaban J connectivity index is 4.91. The summed E-state index contributed by atoms with van der Waals surface area (Å²) in [6.45, 7) is 6.57. The first kappa shape index (κ1) is 43.0. The van der Waals surface area contributed by atoms with Crippen LogP contribution in [0.25, 0.3) is 0 Å². The summed E-state index contributed by atoms with van der Waals surface area (Å²) >= 11 is 0. The van der Waals surface area contributed by atoms with Crippen molar-refractivity contribution >= 4 is 29.8 Å². The molecule has 0 radical (unpaired) electrons. The molecule has 0 aliphatic rings. The largest absolute Gasteiger partial charge is 0.481 e. The van der Waals surface area contributed by atoms with Crippen LogP contribution >= 0.6 is 0 Å².